The number of hydrogen-bond acceptors (Lipinski definition) is 5. The van der Waals surface area contributed by atoms with Crippen molar-refractivity contribution in [1.82, 2.24) is 9.80 Å². The van der Waals surface area contributed by atoms with Crippen LogP contribution >= 0.6 is 0 Å². The first kappa shape index (κ1) is 18.0. The van der Waals surface area contributed by atoms with Crippen LogP contribution in [0.1, 0.15) is 53.4 Å². The van der Waals surface area contributed by atoms with Crippen molar-refractivity contribution >= 4 is 12.1 Å². The Morgan fingerprint density at radius 2 is 1.74 bits per heavy atom. The van der Waals surface area contributed by atoms with Gasteiger partial charge in [-0.1, -0.05) is 6.42 Å². The highest BCUT2D eigenvalue weighted by Gasteiger charge is 2.46. The fraction of sp³-hybridized carbons (Fsp3) is 0.882. The number of amides is 1. The first-order valence-corrected chi connectivity index (χ1v) is 8.74. The summed E-state index contributed by atoms with van der Waals surface area (Å²) in [5.74, 6) is -0.313. The summed E-state index contributed by atoms with van der Waals surface area (Å²) in [4.78, 5) is 28.9. The number of likely N-dealkylation sites (tertiary alicyclic amines) is 2. The van der Waals surface area contributed by atoms with Crippen LogP contribution in [0.5, 0.6) is 0 Å². The zero-order valence-corrected chi connectivity index (χ0v) is 14.8. The summed E-state index contributed by atoms with van der Waals surface area (Å²) in [5.41, 5.74) is -0.570. The zero-order chi connectivity index (χ0) is 17.0. The minimum absolute atomic E-state index is 0.0434. The quantitative estimate of drug-likeness (QED) is 0.746. The number of esters is 1. The number of carbonyl (C=O) groups is 2. The van der Waals surface area contributed by atoms with Gasteiger partial charge in [0.25, 0.3) is 0 Å². The van der Waals surface area contributed by atoms with Crippen molar-refractivity contribution in [1.29, 1.82) is 0 Å². The van der Waals surface area contributed by atoms with E-state index in [0.29, 0.717) is 13.2 Å². The van der Waals surface area contributed by atoms with Crippen molar-refractivity contribution < 1.29 is 19.1 Å². The summed E-state index contributed by atoms with van der Waals surface area (Å²) in [6.45, 7) is 10.1. The van der Waals surface area contributed by atoms with Crippen LogP contribution in [0.15, 0.2) is 0 Å². The van der Waals surface area contributed by atoms with Gasteiger partial charge in [0.1, 0.15) is 11.6 Å². The maximum Gasteiger partial charge on any atom is 0.411 e. The molecule has 0 saturated carbocycles. The van der Waals surface area contributed by atoms with Gasteiger partial charge in [-0.2, -0.15) is 0 Å². The molecule has 2 atom stereocenters. The van der Waals surface area contributed by atoms with Crippen molar-refractivity contribution in [2.45, 2.75) is 71.1 Å². The lowest BCUT2D eigenvalue weighted by atomic mass is 10.0. The molecule has 0 bridgehead atoms. The zero-order valence-electron chi connectivity index (χ0n) is 14.8. The van der Waals surface area contributed by atoms with E-state index in [-0.39, 0.29) is 12.0 Å². The van der Waals surface area contributed by atoms with Gasteiger partial charge in [0.15, 0.2) is 0 Å². The van der Waals surface area contributed by atoms with Crippen molar-refractivity contribution in [3.63, 3.8) is 0 Å². The van der Waals surface area contributed by atoms with Gasteiger partial charge in [-0.05, 0) is 60.0 Å². The third-order valence-corrected chi connectivity index (χ3v) is 4.38. The standard InChI is InChI=1S/C17H30N2O4/c1-5-22-15(20)14-13(18-10-7-6-8-11-18)9-12-19(14)16(21)23-17(2,3)4/h13-14H,5-12H2,1-4H3/t13-,14+/m1/s1. The molecule has 6 heteroatoms. The molecule has 132 valence electrons. The number of rotatable bonds is 3. The number of carbonyl (C=O) groups excluding carboxylic acids is 2. The second kappa shape index (κ2) is 7.51. The Morgan fingerprint density at radius 3 is 2.30 bits per heavy atom. The molecule has 2 fully saturated rings. The molecule has 2 rings (SSSR count). The van der Waals surface area contributed by atoms with Crippen LogP contribution < -0.4 is 0 Å². The normalized spacial score (nSPS) is 26.2. The molecule has 0 spiro atoms. The molecular formula is C17H30N2O4. The summed E-state index contributed by atoms with van der Waals surface area (Å²) in [6.07, 6.45) is 3.91. The molecule has 0 aromatic heterocycles. The topological polar surface area (TPSA) is 59.1 Å². The molecule has 0 radical (unpaired) electrons. The maximum atomic E-state index is 12.5. The largest absolute Gasteiger partial charge is 0.464 e. The van der Waals surface area contributed by atoms with Gasteiger partial charge < -0.3 is 9.47 Å². The molecule has 0 aromatic carbocycles. The lowest BCUT2D eigenvalue weighted by Crippen LogP contribution is -2.53. The highest BCUT2D eigenvalue weighted by Crippen LogP contribution is 2.28. The van der Waals surface area contributed by atoms with Gasteiger partial charge in [0, 0.05) is 12.6 Å². The van der Waals surface area contributed by atoms with Gasteiger partial charge in [-0.15, -0.1) is 0 Å². The van der Waals surface area contributed by atoms with Crippen LogP contribution in [0.3, 0.4) is 0 Å². The summed E-state index contributed by atoms with van der Waals surface area (Å²) >= 11 is 0. The lowest BCUT2D eigenvalue weighted by molar-refractivity contribution is -0.150. The average Bonchev–Trinajstić information content (AvgIpc) is 2.91. The summed E-state index contributed by atoms with van der Waals surface area (Å²) in [5, 5.41) is 0. The third-order valence-electron chi connectivity index (χ3n) is 4.38. The van der Waals surface area contributed by atoms with Crippen LogP contribution in [-0.4, -0.2) is 65.8 Å². The third kappa shape index (κ3) is 4.59. The molecule has 1 amide bonds. The number of nitrogens with zero attached hydrogens (tertiary/aromatic N) is 2. The highest BCUT2D eigenvalue weighted by atomic mass is 16.6. The molecular weight excluding hydrogens is 296 g/mol. The second-order valence-electron chi connectivity index (χ2n) is 7.32. The van der Waals surface area contributed by atoms with Gasteiger partial charge >= 0.3 is 12.1 Å². The molecule has 2 saturated heterocycles. The van der Waals surface area contributed by atoms with Crippen LogP contribution in [-0.2, 0) is 14.3 Å². The SMILES string of the molecule is CCOC(=O)[C@@H]1[C@H](N2CCCCC2)CCN1C(=O)OC(C)(C)C. The van der Waals surface area contributed by atoms with Crippen LogP contribution in [0.25, 0.3) is 0 Å². The van der Waals surface area contributed by atoms with E-state index in [2.05, 4.69) is 4.90 Å². The van der Waals surface area contributed by atoms with Crippen LogP contribution in [0.2, 0.25) is 0 Å². The second-order valence-corrected chi connectivity index (χ2v) is 7.32. The van der Waals surface area contributed by atoms with Crippen LogP contribution in [0, 0.1) is 0 Å². The Hall–Kier alpha value is -1.30. The molecule has 0 aliphatic carbocycles. The van der Waals surface area contributed by atoms with Gasteiger partial charge in [0.2, 0.25) is 0 Å². The van der Waals surface area contributed by atoms with E-state index in [9.17, 15) is 9.59 Å². The number of ether oxygens (including phenoxy) is 2. The highest BCUT2D eigenvalue weighted by molar-refractivity contribution is 5.83. The Morgan fingerprint density at radius 1 is 1.09 bits per heavy atom. The minimum Gasteiger partial charge on any atom is -0.464 e. The predicted octanol–water partition coefficient (Wildman–Crippen LogP) is 2.41. The molecule has 23 heavy (non-hydrogen) atoms. The minimum atomic E-state index is -0.570. The monoisotopic (exact) mass is 326 g/mol. The van der Waals surface area contributed by atoms with E-state index in [4.69, 9.17) is 9.47 Å². The molecule has 0 N–H and O–H groups in total. The van der Waals surface area contributed by atoms with E-state index in [1.54, 1.807) is 11.8 Å². The first-order chi connectivity index (χ1) is 10.8. The van der Waals surface area contributed by atoms with Crippen LogP contribution in [0.4, 0.5) is 4.79 Å². The fourth-order valence-electron chi connectivity index (χ4n) is 3.45. The number of hydrogen-bond donors (Lipinski definition) is 0. The summed E-state index contributed by atoms with van der Waals surface area (Å²) < 4.78 is 10.7. The van der Waals surface area contributed by atoms with Crippen molar-refractivity contribution in [3.05, 3.63) is 0 Å². The molecule has 2 heterocycles. The van der Waals surface area contributed by atoms with Gasteiger partial charge in [0.05, 0.1) is 6.61 Å². The van der Waals surface area contributed by atoms with E-state index in [1.165, 1.54) is 6.42 Å². The fourth-order valence-corrected chi connectivity index (χ4v) is 3.45. The van der Waals surface area contributed by atoms with E-state index in [1.807, 2.05) is 20.8 Å². The van der Waals surface area contributed by atoms with Crippen molar-refractivity contribution in [3.8, 4) is 0 Å². The lowest BCUT2D eigenvalue weighted by Gasteiger charge is -2.36. The molecule has 2 aliphatic rings. The van der Waals surface area contributed by atoms with Gasteiger partial charge in [-0.25, -0.2) is 9.59 Å². The van der Waals surface area contributed by atoms with Crippen molar-refractivity contribution in [2.24, 2.45) is 0 Å². The molecule has 0 unspecified atom stereocenters. The predicted molar refractivity (Wildman–Crippen MR) is 87.2 cm³/mol. The summed E-state index contributed by atoms with van der Waals surface area (Å²) in [6, 6.07) is -0.509. The van der Waals surface area contributed by atoms with E-state index >= 15 is 0 Å². The maximum absolute atomic E-state index is 12.5. The Balaban J connectivity index is 2.14. The van der Waals surface area contributed by atoms with E-state index in [0.717, 1.165) is 32.4 Å². The van der Waals surface area contributed by atoms with E-state index < -0.39 is 17.7 Å². The summed E-state index contributed by atoms with van der Waals surface area (Å²) in [7, 11) is 0. The Kier molecular flexibility index (Phi) is 5.89. The molecule has 2 aliphatic heterocycles. The Bertz CT molecular complexity index is 427. The van der Waals surface area contributed by atoms with Crippen molar-refractivity contribution in [2.75, 3.05) is 26.2 Å². The molecule has 6 nitrogen and oxygen atoms in total. The average molecular weight is 326 g/mol. The Labute approximate surface area is 139 Å². The first-order valence-electron chi connectivity index (χ1n) is 8.74. The smallest absolute Gasteiger partial charge is 0.411 e. The molecule has 0 aromatic rings. The number of piperidine rings is 1. The van der Waals surface area contributed by atoms with Gasteiger partial charge in [-0.3, -0.25) is 9.80 Å².